The lowest BCUT2D eigenvalue weighted by Crippen LogP contribution is -2.61. The first kappa shape index (κ1) is 64.4. The van der Waals surface area contributed by atoms with Crippen molar-refractivity contribution in [2.45, 2.75) is 13.2 Å². The third-order valence-corrected chi connectivity index (χ3v) is 20.3. The van der Waals surface area contributed by atoms with Crippen molar-refractivity contribution < 1.29 is 19.1 Å². The highest BCUT2D eigenvalue weighted by molar-refractivity contribution is 7.00. The zero-order valence-corrected chi connectivity index (χ0v) is 58.3. The van der Waals surface area contributed by atoms with Gasteiger partial charge in [-0.05, 0) is 148 Å². The molecule has 0 unspecified atom stereocenters. The molecule has 19 rings (SSSR count). The van der Waals surface area contributed by atoms with Gasteiger partial charge in [0.2, 0.25) is 0 Å². The topological polar surface area (TPSA) is 128 Å². The molecule has 2 aliphatic heterocycles. The van der Waals surface area contributed by atoms with Gasteiger partial charge in [-0.25, -0.2) is 34.5 Å². The number of fused-ring (bicyclic) bond motifs is 7. The maximum absolute atomic E-state index is 14.2. The van der Waals surface area contributed by atoms with E-state index in [0.29, 0.717) is 62.1 Å². The van der Waals surface area contributed by atoms with Crippen molar-refractivity contribution in [1.82, 2.24) is 29.5 Å². The second kappa shape index (κ2) is 27.6. The third-order valence-electron chi connectivity index (χ3n) is 20.3. The number of nitrogens with zero attached hydrogens (tertiary/aromatic N) is 8. The molecular weight excluding hydrogens is 1330 g/mol. The van der Waals surface area contributed by atoms with Crippen LogP contribution in [0, 0.1) is 0 Å². The van der Waals surface area contributed by atoms with Crippen molar-refractivity contribution in [3.63, 3.8) is 0 Å². The van der Waals surface area contributed by atoms with Crippen LogP contribution in [-0.4, -0.2) is 48.1 Å². The standard InChI is InChI=1S/C95H63BN8O4/c105-94(107-60-62-25-7-1-8-26-62)71-48-53-82-75(57-71)76-58-72(95(106)108-61-63-27-9-2-10-28-63)49-54-83(76)104(82)84-52-47-69(81-59-80(65-29-11-3-12-30-65)97-90(98-81)66-31-13-4-14-32-66)56-77(84)93-100-91(67-33-15-5-16-34-67)99-92(101-93)70-36-23-35-68(55-70)64-45-50-74(51-46-64)103-86-42-22-20-40-79(86)96-78-39-19-21-41-85(78)102(73-37-17-6-18-38-73)87-43-24-44-88(103)89(87)96/h1-59H,60-61H2. The van der Waals surface area contributed by atoms with Crippen LogP contribution >= 0.6 is 0 Å². The van der Waals surface area contributed by atoms with Gasteiger partial charge >= 0.3 is 11.9 Å². The molecule has 0 saturated carbocycles. The van der Waals surface area contributed by atoms with Crippen LogP contribution in [0.5, 0.6) is 0 Å². The Hall–Kier alpha value is -14.4. The van der Waals surface area contributed by atoms with E-state index >= 15 is 0 Å². The smallest absolute Gasteiger partial charge is 0.338 e. The Labute approximate surface area is 623 Å². The normalized spacial score (nSPS) is 12.0. The highest BCUT2D eigenvalue weighted by atomic mass is 16.5. The van der Waals surface area contributed by atoms with Gasteiger partial charge in [0.1, 0.15) is 13.2 Å². The van der Waals surface area contributed by atoms with Crippen molar-refractivity contribution in [3.05, 3.63) is 380 Å². The molecule has 510 valence electrons. The lowest BCUT2D eigenvalue weighted by atomic mass is 9.33. The zero-order chi connectivity index (χ0) is 72.0. The first-order chi connectivity index (χ1) is 53.4. The van der Waals surface area contributed by atoms with Gasteiger partial charge in [-0.15, -0.1) is 0 Å². The molecule has 108 heavy (non-hydrogen) atoms. The first-order valence-corrected chi connectivity index (χ1v) is 36.0. The summed E-state index contributed by atoms with van der Waals surface area (Å²) in [5.41, 5.74) is 23.3. The Morgan fingerprint density at radius 3 is 1.27 bits per heavy atom. The average molecular weight is 1390 g/mol. The maximum atomic E-state index is 14.2. The summed E-state index contributed by atoms with van der Waals surface area (Å²) >= 11 is 0. The highest BCUT2D eigenvalue weighted by Crippen LogP contribution is 2.46. The van der Waals surface area contributed by atoms with Crippen LogP contribution in [0.2, 0.25) is 0 Å². The number of anilines is 6. The minimum absolute atomic E-state index is 0.0281. The van der Waals surface area contributed by atoms with Crippen LogP contribution in [0.4, 0.5) is 34.1 Å². The van der Waals surface area contributed by atoms with E-state index in [2.05, 4.69) is 190 Å². The molecule has 0 spiro atoms. The maximum Gasteiger partial charge on any atom is 0.338 e. The van der Waals surface area contributed by atoms with E-state index in [1.54, 1.807) is 12.1 Å². The second-order valence-electron chi connectivity index (χ2n) is 26.9. The van der Waals surface area contributed by atoms with Gasteiger partial charge in [0.25, 0.3) is 6.71 Å². The molecule has 0 radical (unpaired) electrons. The van der Waals surface area contributed by atoms with Gasteiger partial charge in [-0.1, -0.05) is 249 Å². The molecule has 0 bridgehead atoms. The van der Waals surface area contributed by atoms with E-state index in [1.807, 2.05) is 170 Å². The largest absolute Gasteiger partial charge is 0.457 e. The molecule has 0 aliphatic carbocycles. The molecule has 3 aromatic heterocycles. The average Bonchev–Trinajstić information content (AvgIpc) is 1.02. The Bertz CT molecular complexity index is 6140. The number of ether oxygens (including phenoxy) is 2. The van der Waals surface area contributed by atoms with Crippen molar-refractivity contribution in [3.8, 4) is 84.9 Å². The molecule has 5 heterocycles. The number of para-hydroxylation sites is 3. The quantitative estimate of drug-likeness (QED) is 0.0677. The van der Waals surface area contributed by atoms with Gasteiger partial charge in [0, 0.05) is 78.3 Å². The Morgan fingerprint density at radius 2 is 0.713 bits per heavy atom. The van der Waals surface area contributed by atoms with Crippen molar-refractivity contribution >= 4 is 91.0 Å². The summed E-state index contributed by atoms with van der Waals surface area (Å²) in [5, 5.41) is 1.40. The van der Waals surface area contributed by atoms with Crippen LogP contribution < -0.4 is 26.2 Å². The molecule has 0 N–H and O–H groups in total. The van der Waals surface area contributed by atoms with E-state index in [1.165, 1.54) is 22.1 Å². The first-order valence-electron chi connectivity index (χ1n) is 36.0. The fourth-order valence-corrected chi connectivity index (χ4v) is 15.2. The van der Waals surface area contributed by atoms with Crippen LogP contribution in [0.1, 0.15) is 31.8 Å². The molecule has 13 heteroatoms. The van der Waals surface area contributed by atoms with E-state index < -0.39 is 11.9 Å². The van der Waals surface area contributed by atoms with Gasteiger partial charge in [0.05, 0.1) is 39.2 Å². The number of carbonyl (C=O) groups excluding carboxylic acids is 2. The number of benzene rings is 14. The molecule has 0 amide bonds. The Kier molecular flexibility index (Phi) is 16.5. The molecule has 17 aromatic rings. The van der Waals surface area contributed by atoms with Gasteiger partial charge in [-0.3, -0.25) is 0 Å². The van der Waals surface area contributed by atoms with Gasteiger partial charge in [-0.2, -0.15) is 0 Å². The minimum Gasteiger partial charge on any atom is -0.457 e. The Morgan fingerprint density at radius 1 is 0.296 bits per heavy atom. The summed E-state index contributed by atoms with van der Waals surface area (Å²) < 4.78 is 14.1. The van der Waals surface area contributed by atoms with E-state index in [9.17, 15) is 9.59 Å². The van der Waals surface area contributed by atoms with Crippen LogP contribution in [0.25, 0.3) is 107 Å². The number of carbonyl (C=O) groups is 2. The van der Waals surface area contributed by atoms with E-state index in [4.69, 9.17) is 34.4 Å². The van der Waals surface area contributed by atoms with Gasteiger partial charge < -0.3 is 23.8 Å². The summed E-state index contributed by atoms with van der Waals surface area (Å²) in [6, 6.07) is 121. The summed E-state index contributed by atoms with van der Waals surface area (Å²) in [5.74, 6) is 0.868. The van der Waals surface area contributed by atoms with Gasteiger partial charge in [0.15, 0.2) is 23.3 Å². The lowest BCUT2D eigenvalue weighted by molar-refractivity contribution is 0.0464. The predicted octanol–water partition coefficient (Wildman–Crippen LogP) is 20.2. The SMILES string of the molecule is O=C(OCc1ccccc1)c1ccc2c(c1)c1cc(C(=O)OCc3ccccc3)ccc1n2-c1ccc(-c2cc(-c3ccccc3)nc(-c3ccccc3)n2)cc1-c1nc(-c2ccccc2)nc(-c2cccc(-c3ccc(N4c5ccccc5B5c6ccccc6N(c6ccccc6)c6cccc4c65)cc3)c2)n1. The molecular formula is C95H63BN8O4. The molecule has 2 aliphatic rings. The number of aromatic nitrogens is 6. The number of hydrogen-bond donors (Lipinski definition) is 0. The van der Waals surface area contributed by atoms with E-state index in [0.717, 1.165) is 95.2 Å². The summed E-state index contributed by atoms with van der Waals surface area (Å²) in [4.78, 5) is 60.2. The number of rotatable bonds is 16. The Balaban J connectivity index is 0.762. The van der Waals surface area contributed by atoms with Crippen LogP contribution in [0.3, 0.4) is 0 Å². The molecule has 14 aromatic carbocycles. The van der Waals surface area contributed by atoms with Crippen LogP contribution in [-0.2, 0) is 22.7 Å². The molecule has 12 nitrogen and oxygen atoms in total. The molecule has 0 saturated heterocycles. The van der Waals surface area contributed by atoms with Crippen molar-refractivity contribution in [2.75, 3.05) is 9.80 Å². The highest BCUT2D eigenvalue weighted by Gasteiger charge is 2.43. The monoisotopic (exact) mass is 1390 g/mol. The van der Waals surface area contributed by atoms with Crippen molar-refractivity contribution in [1.29, 1.82) is 0 Å². The van der Waals surface area contributed by atoms with Crippen LogP contribution in [0.15, 0.2) is 358 Å². The summed E-state index contributed by atoms with van der Waals surface area (Å²) in [6.07, 6.45) is 0. The summed E-state index contributed by atoms with van der Waals surface area (Å²) in [6.45, 7) is 0.208. The zero-order valence-electron chi connectivity index (χ0n) is 58.3. The third kappa shape index (κ3) is 12.0. The minimum atomic E-state index is -0.493. The fraction of sp³-hybridized carbons (Fsp3) is 0.0211. The number of esters is 2. The predicted molar refractivity (Wildman–Crippen MR) is 433 cm³/mol. The fourth-order valence-electron chi connectivity index (χ4n) is 15.2. The van der Waals surface area contributed by atoms with E-state index in [-0.39, 0.29) is 19.9 Å². The number of hydrogen-bond acceptors (Lipinski definition) is 11. The lowest BCUT2D eigenvalue weighted by Gasteiger charge is -2.44. The van der Waals surface area contributed by atoms with Crippen molar-refractivity contribution in [2.24, 2.45) is 0 Å². The molecule has 0 fully saturated rings. The second-order valence-corrected chi connectivity index (χ2v) is 26.9. The summed E-state index contributed by atoms with van der Waals surface area (Å²) in [7, 11) is 0. The molecule has 0 atom stereocenters.